The zero-order valence-corrected chi connectivity index (χ0v) is 11.2. The Kier molecular flexibility index (Phi) is 3.97. The van der Waals surface area contributed by atoms with Crippen LogP contribution in [-0.2, 0) is 0 Å². The molecule has 98 valence electrons. The molecule has 3 N–H and O–H groups in total. The molecule has 1 saturated carbocycles. The molecule has 18 heavy (non-hydrogen) atoms. The third kappa shape index (κ3) is 2.70. The second kappa shape index (κ2) is 5.48. The predicted octanol–water partition coefficient (Wildman–Crippen LogP) is 2.67. The summed E-state index contributed by atoms with van der Waals surface area (Å²) < 4.78 is 0. The highest BCUT2D eigenvalue weighted by Gasteiger charge is 2.19. The Balaban J connectivity index is 2.12. The van der Waals surface area contributed by atoms with Crippen LogP contribution in [0.3, 0.4) is 0 Å². The van der Waals surface area contributed by atoms with E-state index in [1.54, 1.807) is 6.07 Å². The topological polar surface area (TPSA) is 61.8 Å². The Hall–Kier alpha value is -1.42. The molecule has 1 aromatic carbocycles. The average molecular weight is 268 g/mol. The summed E-state index contributed by atoms with van der Waals surface area (Å²) in [5.41, 5.74) is 7.15. The van der Waals surface area contributed by atoms with E-state index in [4.69, 9.17) is 22.5 Å². The molecule has 5 heteroatoms. The lowest BCUT2D eigenvalue weighted by molar-refractivity contribution is 0.318. The van der Waals surface area contributed by atoms with E-state index in [0.29, 0.717) is 10.6 Å². The fourth-order valence-electron chi connectivity index (χ4n) is 2.17. The molecule has 0 atom stereocenters. The number of benzene rings is 1. The molecular formula is C13H18ClN3O. The summed E-state index contributed by atoms with van der Waals surface area (Å²) in [6.45, 7) is 1.05. The van der Waals surface area contributed by atoms with E-state index in [2.05, 4.69) is 17.1 Å². The van der Waals surface area contributed by atoms with E-state index in [1.165, 1.54) is 19.3 Å². The molecule has 0 aliphatic heterocycles. The zero-order valence-electron chi connectivity index (χ0n) is 10.4. The Labute approximate surface area is 112 Å². The fourth-order valence-corrected chi connectivity index (χ4v) is 2.44. The van der Waals surface area contributed by atoms with Crippen molar-refractivity contribution in [2.24, 2.45) is 16.8 Å². The van der Waals surface area contributed by atoms with Crippen molar-refractivity contribution >= 4 is 23.1 Å². The molecule has 1 aromatic rings. The summed E-state index contributed by atoms with van der Waals surface area (Å²) in [6.07, 6.45) is 3.99. The lowest BCUT2D eigenvalue weighted by Crippen LogP contribution is -2.29. The second-order valence-electron chi connectivity index (χ2n) is 4.83. The molecular weight excluding hydrogens is 250 g/mol. The van der Waals surface area contributed by atoms with Crippen LogP contribution in [0.1, 0.15) is 24.8 Å². The lowest BCUT2D eigenvalue weighted by Gasteiger charge is -2.31. The molecule has 1 aliphatic rings. The number of rotatable bonds is 4. The summed E-state index contributed by atoms with van der Waals surface area (Å²) in [7, 11) is 2.06. The second-order valence-corrected chi connectivity index (χ2v) is 5.23. The van der Waals surface area contributed by atoms with Crippen LogP contribution < -0.4 is 10.6 Å². The molecule has 0 unspecified atom stereocenters. The quantitative estimate of drug-likeness (QED) is 0.382. The van der Waals surface area contributed by atoms with Crippen molar-refractivity contribution in [3.63, 3.8) is 0 Å². The molecule has 4 nitrogen and oxygen atoms in total. The van der Waals surface area contributed by atoms with E-state index in [1.807, 2.05) is 12.1 Å². The zero-order chi connectivity index (χ0) is 13.1. The van der Waals surface area contributed by atoms with Crippen LogP contribution in [0.15, 0.2) is 23.4 Å². The number of nitrogens with two attached hydrogens (primary N) is 1. The number of hydrogen-bond acceptors (Lipinski definition) is 3. The number of anilines is 1. The standard InChI is InChI=1S/C13H18ClN3O/c1-17(8-9-3-2-4-9)10-5-6-11(12(14)7-10)13(15)16-18/h5-7,9,18H,2-4,8H2,1H3,(H2,15,16). The molecule has 0 bridgehead atoms. The molecule has 0 saturated heterocycles. The highest BCUT2D eigenvalue weighted by Crippen LogP contribution is 2.29. The number of amidine groups is 1. The largest absolute Gasteiger partial charge is 0.409 e. The van der Waals surface area contributed by atoms with E-state index >= 15 is 0 Å². The first-order chi connectivity index (χ1) is 8.61. The summed E-state index contributed by atoms with van der Waals surface area (Å²) in [5, 5.41) is 12.1. The van der Waals surface area contributed by atoms with Gasteiger partial charge in [-0.1, -0.05) is 23.2 Å². The van der Waals surface area contributed by atoms with Gasteiger partial charge in [-0.05, 0) is 37.0 Å². The van der Waals surface area contributed by atoms with Crippen LogP contribution in [0.25, 0.3) is 0 Å². The highest BCUT2D eigenvalue weighted by molar-refractivity contribution is 6.34. The molecule has 0 amide bonds. The van der Waals surface area contributed by atoms with Gasteiger partial charge in [0.1, 0.15) is 0 Å². The van der Waals surface area contributed by atoms with E-state index in [0.717, 1.165) is 18.2 Å². The first kappa shape index (κ1) is 13.0. The van der Waals surface area contributed by atoms with Gasteiger partial charge in [0.25, 0.3) is 0 Å². The summed E-state index contributed by atoms with van der Waals surface area (Å²) in [5.74, 6) is 0.839. The van der Waals surface area contributed by atoms with Crippen molar-refractivity contribution in [2.75, 3.05) is 18.5 Å². The first-order valence-electron chi connectivity index (χ1n) is 6.10. The van der Waals surface area contributed by atoms with Gasteiger partial charge in [-0.3, -0.25) is 0 Å². The normalized spacial score (nSPS) is 16.4. The minimum absolute atomic E-state index is 0.0354. The number of hydrogen-bond donors (Lipinski definition) is 2. The third-order valence-corrected chi connectivity index (χ3v) is 3.85. The van der Waals surface area contributed by atoms with Gasteiger partial charge in [0, 0.05) is 24.8 Å². The van der Waals surface area contributed by atoms with Crippen LogP contribution in [0.4, 0.5) is 5.69 Å². The van der Waals surface area contributed by atoms with Gasteiger partial charge in [0.15, 0.2) is 5.84 Å². The number of oxime groups is 1. The van der Waals surface area contributed by atoms with E-state index in [9.17, 15) is 0 Å². The van der Waals surface area contributed by atoms with Crippen LogP contribution in [0, 0.1) is 5.92 Å². The predicted molar refractivity (Wildman–Crippen MR) is 74.6 cm³/mol. The maximum atomic E-state index is 8.64. The van der Waals surface area contributed by atoms with Gasteiger partial charge >= 0.3 is 0 Å². The maximum Gasteiger partial charge on any atom is 0.171 e. The van der Waals surface area contributed by atoms with Crippen molar-refractivity contribution in [2.45, 2.75) is 19.3 Å². The van der Waals surface area contributed by atoms with Crippen LogP contribution in [-0.4, -0.2) is 24.6 Å². The third-order valence-electron chi connectivity index (χ3n) is 3.53. The number of nitrogens with zero attached hydrogens (tertiary/aromatic N) is 2. The van der Waals surface area contributed by atoms with Crippen molar-refractivity contribution in [3.05, 3.63) is 28.8 Å². The molecule has 0 spiro atoms. The summed E-state index contributed by atoms with van der Waals surface area (Å²) in [6, 6.07) is 5.58. The van der Waals surface area contributed by atoms with Crippen molar-refractivity contribution < 1.29 is 5.21 Å². The van der Waals surface area contributed by atoms with Gasteiger partial charge in [-0.15, -0.1) is 0 Å². The molecule has 1 aliphatic carbocycles. The van der Waals surface area contributed by atoms with Gasteiger partial charge in [-0.25, -0.2) is 0 Å². The average Bonchev–Trinajstić information content (AvgIpc) is 2.32. The molecule has 2 rings (SSSR count). The van der Waals surface area contributed by atoms with E-state index in [-0.39, 0.29) is 5.84 Å². The highest BCUT2D eigenvalue weighted by atomic mass is 35.5. The Morgan fingerprint density at radius 3 is 2.78 bits per heavy atom. The van der Waals surface area contributed by atoms with Crippen LogP contribution >= 0.6 is 11.6 Å². The van der Waals surface area contributed by atoms with Gasteiger partial charge in [0.2, 0.25) is 0 Å². The first-order valence-corrected chi connectivity index (χ1v) is 6.48. The van der Waals surface area contributed by atoms with Gasteiger partial charge in [0.05, 0.1) is 5.02 Å². The lowest BCUT2D eigenvalue weighted by atomic mass is 9.85. The van der Waals surface area contributed by atoms with Crippen LogP contribution in [0.2, 0.25) is 5.02 Å². The number of halogens is 1. The van der Waals surface area contributed by atoms with E-state index < -0.39 is 0 Å². The molecule has 1 fully saturated rings. The van der Waals surface area contributed by atoms with Gasteiger partial charge < -0.3 is 15.8 Å². The SMILES string of the molecule is CN(CC1CCC1)c1ccc(C(N)=NO)c(Cl)c1. The summed E-state index contributed by atoms with van der Waals surface area (Å²) in [4.78, 5) is 2.20. The smallest absolute Gasteiger partial charge is 0.171 e. The van der Waals surface area contributed by atoms with Crippen molar-refractivity contribution in [1.82, 2.24) is 0 Å². The molecule has 0 aromatic heterocycles. The monoisotopic (exact) mass is 267 g/mol. The van der Waals surface area contributed by atoms with Crippen molar-refractivity contribution in [3.8, 4) is 0 Å². The van der Waals surface area contributed by atoms with Gasteiger partial charge in [-0.2, -0.15) is 0 Å². The molecule has 0 radical (unpaired) electrons. The Morgan fingerprint density at radius 2 is 2.28 bits per heavy atom. The maximum absolute atomic E-state index is 8.64. The fraction of sp³-hybridized carbons (Fsp3) is 0.462. The molecule has 0 heterocycles. The Morgan fingerprint density at radius 1 is 1.56 bits per heavy atom. The summed E-state index contributed by atoms with van der Waals surface area (Å²) >= 11 is 6.13. The Bertz CT molecular complexity index is 458. The van der Waals surface area contributed by atoms with Crippen LogP contribution in [0.5, 0.6) is 0 Å². The minimum Gasteiger partial charge on any atom is -0.409 e. The minimum atomic E-state index is 0.0354. The van der Waals surface area contributed by atoms with Crippen molar-refractivity contribution in [1.29, 1.82) is 0 Å².